The molecule has 1 N–H and O–H groups in total. The zero-order valence-electron chi connectivity index (χ0n) is 11.9. The molecule has 0 amide bonds. The SMILES string of the molecule is FC(F)(F)c1ncc(-c2cccc(-c3n[nH]c(C(F)(F)F)n3)n2)cn1. The summed E-state index contributed by atoms with van der Waals surface area (Å²) in [5.41, 5.74) is 0.315. The molecule has 6 nitrogen and oxygen atoms in total. The number of aromatic nitrogens is 6. The monoisotopic (exact) mass is 360 g/mol. The number of aromatic amines is 1. The van der Waals surface area contributed by atoms with Crippen LogP contribution in [0.25, 0.3) is 22.8 Å². The van der Waals surface area contributed by atoms with Crippen molar-refractivity contribution in [3.8, 4) is 22.8 Å². The Balaban J connectivity index is 1.93. The highest BCUT2D eigenvalue weighted by Crippen LogP contribution is 2.29. The first-order valence-electron chi connectivity index (χ1n) is 6.51. The zero-order valence-corrected chi connectivity index (χ0v) is 11.9. The third kappa shape index (κ3) is 3.56. The first-order valence-corrected chi connectivity index (χ1v) is 6.51. The van der Waals surface area contributed by atoms with E-state index in [4.69, 9.17) is 0 Å². The van der Waals surface area contributed by atoms with E-state index in [-0.39, 0.29) is 22.8 Å². The molecule has 3 aromatic rings. The van der Waals surface area contributed by atoms with Crippen molar-refractivity contribution in [3.05, 3.63) is 42.2 Å². The Morgan fingerprint density at radius 2 is 1.44 bits per heavy atom. The van der Waals surface area contributed by atoms with E-state index in [2.05, 4.69) is 25.0 Å². The molecule has 3 heterocycles. The lowest BCUT2D eigenvalue weighted by Crippen LogP contribution is -2.10. The second-order valence-corrected chi connectivity index (χ2v) is 4.71. The van der Waals surface area contributed by atoms with Crippen molar-refractivity contribution < 1.29 is 26.3 Å². The predicted octanol–water partition coefficient (Wildman–Crippen LogP) is 3.36. The van der Waals surface area contributed by atoms with Gasteiger partial charge in [-0.05, 0) is 12.1 Å². The van der Waals surface area contributed by atoms with Gasteiger partial charge in [0.25, 0.3) is 0 Å². The summed E-state index contributed by atoms with van der Waals surface area (Å²) in [6.45, 7) is 0. The highest BCUT2D eigenvalue weighted by Gasteiger charge is 2.36. The van der Waals surface area contributed by atoms with Gasteiger partial charge >= 0.3 is 12.4 Å². The molecule has 0 aromatic carbocycles. The number of rotatable bonds is 2. The van der Waals surface area contributed by atoms with Gasteiger partial charge in [-0.2, -0.15) is 31.4 Å². The average Bonchev–Trinajstić information content (AvgIpc) is 3.05. The number of pyridine rings is 1. The minimum absolute atomic E-state index is 0.00384. The molecule has 0 radical (unpaired) electrons. The Hall–Kier alpha value is -3.05. The Morgan fingerprint density at radius 1 is 0.800 bits per heavy atom. The Kier molecular flexibility index (Phi) is 3.89. The lowest BCUT2D eigenvalue weighted by atomic mass is 10.2. The molecular weight excluding hydrogens is 354 g/mol. The van der Waals surface area contributed by atoms with E-state index in [0.717, 1.165) is 12.4 Å². The summed E-state index contributed by atoms with van der Waals surface area (Å²) in [4.78, 5) is 13.7. The normalized spacial score (nSPS) is 12.4. The van der Waals surface area contributed by atoms with E-state index in [1.54, 1.807) is 5.10 Å². The van der Waals surface area contributed by atoms with Gasteiger partial charge in [-0.15, -0.1) is 0 Å². The number of H-pyrrole nitrogens is 1. The van der Waals surface area contributed by atoms with Crippen molar-refractivity contribution in [2.24, 2.45) is 0 Å². The van der Waals surface area contributed by atoms with Crippen LogP contribution in [-0.4, -0.2) is 30.1 Å². The van der Waals surface area contributed by atoms with Crippen molar-refractivity contribution in [2.75, 3.05) is 0 Å². The molecular formula is C13H6F6N6. The van der Waals surface area contributed by atoms with Crippen LogP contribution in [0.2, 0.25) is 0 Å². The predicted molar refractivity (Wildman–Crippen MR) is 70.6 cm³/mol. The summed E-state index contributed by atoms with van der Waals surface area (Å²) < 4.78 is 75.0. The quantitative estimate of drug-likeness (QED) is 0.709. The van der Waals surface area contributed by atoms with Crippen LogP contribution in [-0.2, 0) is 12.4 Å². The van der Waals surface area contributed by atoms with E-state index in [1.807, 2.05) is 0 Å². The summed E-state index contributed by atoms with van der Waals surface area (Å²) in [6.07, 6.45) is -7.53. The Labute approximate surface area is 135 Å². The second kappa shape index (κ2) is 5.79. The van der Waals surface area contributed by atoms with E-state index < -0.39 is 24.0 Å². The molecule has 0 spiro atoms. The fourth-order valence-corrected chi connectivity index (χ4v) is 1.83. The standard InChI is InChI=1S/C13H6F6N6/c14-12(15,16)10-20-4-6(5-21-10)7-2-1-3-8(22-7)9-23-11(25-24-9)13(17,18)19/h1-5H,(H,23,24,25). The maximum atomic E-state index is 12.5. The first-order chi connectivity index (χ1) is 11.6. The topological polar surface area (TPSA) is 80.2 Å². The number of alkyl halides is 6. The van der Waals surface area contributed by atoms with Crippen LogP contribution < -0.4 is 0 Å². The van der Waals surface area contributed by atoms with Gasteiger partial charge in [0.15, 0.2) is 5.82 Å². The summed E-state index contributed by atoms with van der Waals surface area (Å²) in [5, 5.41) is 5.19. The summed E-state index contributed by atoms with van der Waals surface area (Å²) >= 11 is 0. The van der Waals surface area contributed by atoms with Crippen LogP contribution >= 0.6 is 0 Å². The first kappa shape index (κ1) is 16.8. The Morgan fingerprint density at radius 3 is 2.00 bits per heavy atom. The minimum Gasteiger partial charge on any atom is -0.255 e. The number of nitrogens with one attached hydrogen (secondary N) is 1. The van der Waals surface area contributed by atoms with Gasteiger partial charge in [0.1, 0.15) is 5.69 Å². The molecule has 0 atom stereocenters. The highest BCUT2D eigenvalue weighted by atomic mass is 19.4. The van der Waals surface area contributed by atoms with E-state index >= 15 is 0 Å². The third-order valence-corrected chi connectivity index (χ3v) is 2.93. The lowest BCUT2D eigenvalue weighted by molar-refractivity contribution is -0.145. The van der Waals surface area contributed by atoms with Crippen LogP contribution in [0.15, 0.2) is 30.6 Å². The largest absolute Gasteiger partial charge is 0.451 e. The molecule has 3 rings (SSSR count). The maximum Gasteiger partial charge on any atom is 0.451 e. The fraction of sp³-hybridized carbons (Fsp3) is 0.154. The van der Waals surface area contributed by atoms with Gasteiger partial charge < -0.3 is 0 Å². The van der Waals surface area contributed by atoms with E-state index in [1.165, 1.54) is 18.2 Å². The van der Waals surface area contributed by atoms with Crippen molar-refractivity contribution in [1.29, 1.82) is 0 Å². The number of hydrogen-bond donors (Lipinski definition) is 1. The van der Waals surface area contributed by atoms with Crippen molar-refractivity contribution >= 4 is 0 Å². The van der Waals surface area contributed by atoms with Crippen LogP contribution in [0.4, 0.5) is 26.3 Å². The summed E-state index contributed by atoms with van der Waals surface area (Å²) in [5.74, 6) is -2.90. The molecule has 0 saturated carbocycles. The van der Waals surface area contributed by atoms with Gasteiger partial charge in [0.05, 0.1) is 5.69 Å². The second-order valence-electron chi connectivity index (χ2n) is 4.71. The summed E-state index contributed by atoms with van der Waals surface area (Å²) in [7, 11) is 0. The van der Waals surface area contributed by atoms with Crippen molar-refractivity contribution in [3.63, 3.8) is 0 Å². The lowest BCUT2D eigenvalue weighted by Gasteiger charge is -2.05. The van der Waals surface area contributed by atoms with E-state index in [0.29, 0.717) is 0 Å². The third-order valence-electron chi connectivity index (χ3n) is 2.93. The molecule has 12 heteroatoms. The van der Waals surface area contributed by atoms with E-state index in [9.17, 15) is 26.3 Å². The van der Waals surface area contributed by atoms with Crippen LogP contribution in [0.3, 0.4) is 0 Å². The van der Waals surface area contributed by atoms with Crippen molar-refractivity contribution in [1.82, 2.24) is 30.1 Å². The molecule has 0 fully saturated rings. The summed E-state index contributed by atoms with van der Waals surface area (Å²) in [6, 6.07) is 4.24. The number of halogens is 6. The molecule has 0 aliphatic carbocycles. The molecule has 130 valence electrons. The molecule has 3 aromatic heterocycles. The minimum atomic E-state index is -4.69. The van der Waals surface area contributed by atoms with Gasteiger partial charge in [-0.1, -0.05) is 6.07 Å². The number of nitrogens with zero attached hydrogens (tertiary/aromatic N) is 5. The van der Waals surface area contributed by atoms with Gasteiger partial charge in [0, 0.05) is 18.0 Å². The fourth-order valence-electron chi connectivity index (χ4n) is 1.83. The average molecular weight is 360 g/mol. The molecule has 0 bridgehead atoms. The van der Waals surface area contributed by atoms with Crippen LogP contribution in [0.5, 0.6) is 0 Å². The number of hydrogen-bond acceptors (Lipinski definition) is 5. The zero-order chi connectivity index (χ0) is 18.2. The molecule has 0 aliphatic rings. The van der Waals surface area contributed by atoms with Crippen molar-refractivity contribution in [2.45, 2.75) is 12.4 Å². The maximum absolute atomic E-state index is 12.5. The highest BCUT2D eigenvalue weighted by molar-refractivity contribution is 5.61. The van der Waals surface area contributed by atoms with Gasteiger partial charge in [-0.25, -0.2) is 19.9 Å². The van der Waals surface area contributed by atoms with Crippen LogP contribution in [0, 0.1) is 0 Å². The van der Waals surface area contributed by atoms with Crippen LogP contribution in [0.1, 0.15) is 11.6 Å². The van der Waals surface area contributed by atoms with Gasteiger partial charge in [0.2, 0.25) is 11.6 Å². The smallest absolute Gasteiger partial charge is 0.255 e. The molecule has 0 aliphatic heterocycles. The molecule has 0 saturated heterocycles. The van der Waals surface area contributed by atoms with Gasteiger partial charge in [-0.3, -0.25) is 5.10 Å². The molecule has 25 heavy (non-hydrogen) atoms. The Bertz CT molecular complexity index is 883. The molecule has 0 unspecified atom stereocenters.